The molecule has 0 saturated carbocycles. The molecule has 0 spiro atoms. The molecule has 0 heterocycles. The highest BCUT2D eigenvalue weighted by Gasteiger charge is 2.29. The van der Waals surface area contributed by atoms with Gasteiger partial charge in [0.05, 0.1) is 0 Å². The van der Waals surface area contributed by atoms with Gasteiger partial charge in [-0.05, 0) is 93.6 Å². The first-order valence-electron chi connectivity index (χ1n) is 11.5. The fourth-order valence-electron chi connectivity index (χ4n) is 4.42. The Balaban J connectivity index is 2.04. The first-order valence-corrected chi connectivity index (χ1v) is 13.0. The van der Waals surface area contributed by atoms with Crippen LogP contribution in [0.25, 0.3) is 32.7 Å². The lowest BCUT2D eigenvalue weighted by atomic mass is 9.77. The molecule has 0 radical (unpaired) electrons. The van der Waals surface area contributed by atoms with Gasteiger partial charge >= 0.3 is 5.97 Å². The van der Waals surface area contributed by atoms with E-state index < -0.39 is 0 Å². The topological polar surface area (TPSA) is 26.3 Å². The number of carbonyl (C=O) groups is 1. The Kier molecular flexibility index (Phi) is 6.46. The minimum atomic E-state index is -0.296. The van der Waals surface area contributed by atoms with Gasteiger partial charge in [0.15, 0.2) is 0 Å². The first kappa shape index (κ1) is 24.9. The van der Waals surface area contributed by atoms with Crippen molar-refractivity contribution in [2.24, 2.45) is 0 Å². The molecule has 4 aromatic carbocycles. The van der Waals surface area contributed by atoms with Crippen LogP contribution in [-0.2, 0) is 15.6 Å². The van der Waals surface area contributed by atoms with Crippen molar-refractivity contribution in [2.45, 2.75) is 59.3 Å². The van der Waals surface area contributed by atoms with E-state index >= 15 is 0 Å². The van der Waals surface area contributed by atoms with Crippen LogP contribution in [0.5, 0.6) is 5.75 Å². The zero-order valence-electron chi connectivity index (χ0n) is 20.8. The second kappa shape index (κ2) is 8.80. The molecule has 0 N–H and O–H groups in total. The van der Waals surface area contributed by atoms with Crippen molar-refractivity contribution in [2.75, 3.05) is 0 Å². The molecular weight excluding hydrogens is 552 g/mol. The number of benzene rings is 4. The van der Waals surface area contributed by atoms with Crippen molar-refractivity contribution in [1.29, 1.82) is 0 Å². The molecule has 0 saturated heterocycles. The number of esters is 1. The van der Waals surface area contributed by atoms with Crippen LogP contribution < -0.4 is 4.74 Å². The highest BCUT2D eigenvalue weighted by atomic mass is 79.9. The number of hydrogen-bond acceptors (Lipinski definition) is 2. The Labute approximate surface area is 219 Å². The lowest BCUT2D eigenvalue weighted by Gasteiger charge is -2.30. The average Bonchev–Trinajstić information content (AvgIpc) is 2.75. The summed E-state index contributed by atoms with van der Waals surface area (Å²) in [6.45, 7) is 14.4. The number of rotatable bonds is 2. The molecule has 176 valence electrons. The van der Waals surface area contributed by atoms with Crippen molar-refractivity contribution >= 4 is 59.4 Å². The van der Waals surface area contributed by atoms with Crippen LogP contribution in [0.15, 0.2) is 63.5 Å². The van der Waals surface area contributed by atoms with Crippen molar-refractivity contribution in [3.63, 3.8) is 0 Å². The fraction of sp³-hybridized carbons (Fsp3) is 0.300. The summed E-state index contributed by atoms with van der Waals surface area (Å²) < 4.78 is 8.01. The van der Waals surface area contributed by atoms with Gasteiger partial charge in [-0.2, -0.15) is 0 Å². The third kappa shape index (κ3) is 4.55. The minimum Gasteiger partial charge on any atom is -0.426 e. The van der Waals surface area contributed by atoms with Gasteiger partial charge in [0, 0.05) is 27.0 Å². The van der Waals surface area contributed by atoms with Crippen LogP contribution in [0, 0.1) is 0 Å². The smallest absolute Gasteiger partial charge is 0.308 e. The van der Waals surface area contributed by atoms with E-state index in [0.717, 1.165) is 42.0 Å². The van der Waals surface area contributed by atoms with Crippen LogP contribution in [-0.4, -0.2) is 5.97 Å². The van der Waals surface area contributed by atoms with Gasteiger partial charge < -0.3 is 4.74 Å². The molecule has 2 nitrogen and oxygen atoms in total. The summed E-state index contributed by atoms with van der Waals surface area (Å²) in [4.78, 5) is 12.0. The molecule has 0 aliphatic heterocycles. The Bertz CT molecular complexity index is 1400. The molecule has 0 amide bonds. The van der Waals surface area contributed by atoms with Crippen LogP contribution in [0.2, 0.25) is 0 Å². The predicted molar refractivity (Wildman–Crippen MR) is 151 cm³/mol. The Morgan fingerprint density at radius 3 is 1.62 bits per heavy atom. The van der Waals surface area contributed by atoms with E-state index in [1.54, 1.807) is 0 Å². The van der Waals surface area contributed by atoms with Gasteiger partial charge in [0.1, 0.15) is 5.75 Å². The maximum atomic E-state index is 12.0. The first-order chi connectivity index (χ1) is 15.8. The summed E-state index contributed by atoms with van der Waals surface area (Å²) in [7, 11) is 0. The lowest BCUT2D eigenvalue weighted by Crippen LogP contribution is -2.21. The molecule has 0 atom stereocenters. The highest BCUT2D eigenvalue weighted by molar-refractivity contribution is 9.11. The Morgan fingerprint density at radius 2 is 1.15 bits per heavy atom. The molecular formula is C30H30Br2O2. The summed E-state index contributed by atoms with van der Waals surface area (Å²) in [5.74, 6) is 0.391. The highest BCUT2D eigenvalue weighted by Crippen LogP contribution is 2.45. The largest absolute Gasteiger partial charge is 0.426 e. The third-order valence-corrected chi connectivity index (χ3v) is 7.89. The zero-order valence-corrected chi connectivity index (χ0v) is 23.9. The maximum Gasteiger partial charge on any atom is 0.308 e. The molecule has 0 fully saturated rings. The molecule has 0 bridgehead atoms. The summed E-state index contributed by atoms with van der Waals surface area (Å²) in [6, 6.07) is 19.4. The number of carbonyl (C=O) groups excluding carboxylic acids is 1. The number of halogens is 2. The quantitative estimate of drug-likeness (QED) is 0.134. The van der Waals surface area contributed by atoms with E-state index in [0.29, 0.717) is 5.75 Å². The van der Waals surface area contributed by atoms with Gasteiger partial charge in [-0.1, -0.05) is 77.9 Å². The second-order valence-electron chi connectivity index (χ2n) is 10.9. The zero-order chi connectivity index (χ0) is 25.0. The monoisotopic (exact) mass is 580 g/mol. The van der Waals surface area contributed by atoms with E-state index in [-0.39, 0.29) is 16.8 Å². The Hall–Kier alpha value is -2.17. The van der Waals surface area contributed by atoms with Crippen molar-refractivity contribution in [3.8, 4) is 16.9 Å². The summed E-state index contributed by atoms with van der Waals surface area (Å²) in [6.07, 6.45) is 0. The van der Waals surface area contributed by atoms with E-state index in [2.05, 4.69) is 128 Å². The van der Waals surface area contributed by atoms with Gasteiger partial charge in [0.25, 0.3) is 0 Å². The SMILES string of the molecule is CC(=O)Oc1c(C(C)(C)C)cc(-c2ccc3c(Br)c4ccccc4c(Br)c3c2)cc1C(C)(C)C. The van der Waals surface area contributed by atoms with Gasteiger partial charge in [0.2, 0.25) is 0 Å². The average molecular weight is 582 g/mol. The molecule has 0 aliphatic carbocycles. The standard InChI is InChI=1S/C30H30Br2O2/c1-17(33)34-28-24(29(2,3)4)15-19(16-25(28)30(5,6)7)18-12-13-22-23(14-18)27(32)21-11-9-8-10-20(21)26(22)31/h8-16H,1-7H3. The molecule has 4 heteroatoms. The normalized spacial score (nSPS) is 12.4. The second-order valence-corrected chi connectivity index (χ2v) is 12.5. The number of fused-ring (bicyclic) bond motifs is 2. The van der Waals surface area contributed by atoms with Crippen LogP contribution in [0.3, 0.4) is 0 Å². The molecule has 34 heavy (non-hydrogen) atoms. The molecule has 4 aromatic rings. The lowest BCUT2D eigenvalue weighted by molar-refractivity contribution is -0.132. The minimum absolute atomic E-state index is 0.197. The van der Waals surface area contributed by atoms with Gasteiger partial charge in [-0.25, -0.2) is 0 Å². The van der Waals surface area contributed by atoms with Crippen LogP contribution in [0.1, 0.15) is 59.6 Å². The summed E-state index contributed by atoms with van der Waals surface area (Å²) in [5.41, 5.74) is 3.91. The van der Waals surface area contributed by atoms with Crippen molar-refractivity contribution < 1.29 is 9.53 Å². The molecule has 4 rings (SSSR count). The summed E-state index contributed by atoms with van der Waals surface area (Å²) in [5, 5.41) is 4.68. The predicted octanol–water partition coefficient (Wildman–Crippen LogP) is 9.71. The van der Waals surface area contributed by atoms with E-state index in [1.165, 1.54) is 17.7 Å². The maximum absolute atomic E-state index is 12.0. The van der Waals surface area contributed by atoms with Crippen molar-refractivity contribution in [1.82, 2.24) is 0 Å². The van der Waals surface area contributed by atoms with Crippen LogP contribution in [0.4, 0.5) is 0 Å². The third-order valence-electron chi connectivity index (χ3n) is 6.18. The molecule has 0 unspecified atom stereocenters. The number of hydrogen-bond donors (Lipinski definition) is 0. The van der Waals surface area contributed by atoms with Gasteiger partial charge in [-0.15, -0.1) is 0 Å². The van der Waals surface area contributed by atoms with Crippen LogP contribution >= 0.6 is 31.9 Å². The molecule has 0 aliphatic rings. The Morgan fingerprint density at radius 1 is 0.676 bits per heavy atom. The van der Waals surface area contributed by atoms with E-state index in [9.17, 15) is 4.79 Å². The van der Waals surface area contributed by atoms with E-state index in [4.69, 9.17) is 4.74 Å². The van der Waals surface area contributed by atoms with Crippen molar-refractivity contribution in [3.05, 3.63) is 74.7 Å². The number of ether oxygens (including phenoxy) is 1. The molecule has 0 aromatic heterocycles. The van der Waals surface area contributed by atoms with E-state index in [1.807, 2.05) is 0 Å². The summed E-state index contributed by atoms with van der Waals surface area (Å²) >= 11 is 7.71. The van der Waals surface area contributed by atoms with Gasteiger partial charge in [-0.3, -0.25) is 4.79 Å². The fourth-order valence-corrected chi connectivity index (χ4v) is 5.78.